The lowest BCUT2D eigenvalue weighted by atomic mass is 9.82. The molecule has 0 amide bonds. The third-order valence-corrected chi connectivity index (χ3v) is 7.75. The summed E-state index contributed by atoms with van der Waals surface area (Å²) >= 11 is 0. The Bertz CT molecular complexity index is 1600. The maximum atomic E-state index is 10.9. The first-order valence-corrected chi connectivity index (χ1v) is 17.9. The summed E-state index contributed by atoms with van der Waals surface area (Å²) in [5, 5.41) is 16.4. The van der Waals surface area contributed by atoms with Crippen LogP contribution in [0.15, 0.2) is 55.4 Å². The zero-order valence-corrected chi connectivity index (χ0v) is 33.0. The average Bonchev–Trinajstić information content (AvgIpc) is 3.80. The van der Waals surface area contributed by atoms with Gasteiger partial charge < -0.3 is 10.4 Å². The van der Waals surface area contributed by atoms with Crippen LogP contribution in [-0.4, -0.2) is 21.8 Å². The molecule has 0 radical (unpaired) electrons. The van der Waals surface area contributed by atoms with Crippen LogP contribution in [0.1, 0.15) is 137 Å². The molecule has 0 bridgehead atoms. The summed E-state index contributed by atoms with van der Waals surface area (Å²) in [5.41, 5.74) is 4.44. The highest BCUT2D eigenvalue weighted by molar-refractivity contribution is 5.57. The predicted molar refractivity (Wildman–Crippen MR) is 210 cm³/mol. The molecule has 0 unspecified atom stereocenters. The zero-order valence-electron chi connectivity index (χ0n) is 33.0. The number of pyridine rings is 1. The van der Waals surface area contributed by atoms with Crippen molar-refractivity contribution < 1.29 is 9.79 Å². The first-order chi connectivity index (χ1) is 22.5. The second-order valence-corrected chi connectivity index (χ2v) is 13.9. The summed E-state index contributed by atoms with van der Waals surface area (Å²) in [6, 6.07) is 11.1. The third-order valence-electron chi connectivity index (χ3n) is 7.75. The van der Waals surface area contributed by atoms with Gasteiger partial charge in [-0.15, -0.1) is 16.2 Å². The van der Waals surface area contributed by atoms with E-state index in [0.717, 1.165) is 65.0 Å². The predicted octanol–water partition coefficient (Wildman–Crippen LogP) is 9.15. The first kappa shape index (κ1) is 42.4. The van der Waals surface area contributed by atoms with Gasteiger partial charge in [0.15, 0.2) is 5.82 Å². The van der Waals surface area contributed by atoms with Crippen molar-refractivity contribution in [2.24, 2.45) is 0 Å². The van der Waals surface area contributed by atoms with Crippen molar-refractivity contribution in [1.29, 1.82) is 0 Å². The molecule has 6 nitrogen and oxygen atoms in total. The fraction of sp³-hybridized carbons (Fsp3) is 0.524. The van der Waals surface area contributed by atoms with Gasteiger partial charge in [0.05, 0.1) is 23.7 Å². The van der Waals surface area contributed by atoms with Gasteiger partial charge in [-0.25, -0.2) is 9.58 Å². The summed E-state index contributed by atoms with van der Waals surface area (Å²) in [5.74, 6) is 2.45. The van der Waals surface area contributed by atoms with Crippen LogP contribution >= 0.6 is 0 Å². The summed E-state index contributed by atoms with van der Waals surface area (Å²) in [4.78, 5) is 7.09. The monoisotopic (exact) mass is 659 g/mol. The molecule has 1 saturated carbocycles. The highest BCUT2D eigenvalue weighted by Gasteiger charge is 2.36. The Hall–Kier alpha value is -3.64. The molecule has 48 heavy (non-hydrogen) atoms. The van der Waals surface area contributed by atoms with E-state index in [1.807, 2.05) is 53.8 Å². The minimum absolute atomic E-state index is 0.0908. The Balaban J connectivity index is 0.00000132. The number of aliphatic hydroxyl groups is 1. The Labute approximate surface area is 293 Å². The number of rotatable bonds is 9. The molecule has 266 valence electrons. The number of nitrogens with zero attached hydrogens (tertiary/aromatic N) is 4. The Morgan fingerprint density at radius 2 is 1.65 bits per heavy atom. The minimum atomic E-state index is -1.06. The van der Waals surface area contributed by atoms with Crippen LogP contribution in [0.5, 0.6) is 0 Å². The van der Waals surface area contributed by atoms with Crippen molar-refractivity contribution in [2.45, 2.75) is 139 Å². The van der Waals surface area contributed by atoms with Crippen molar-refractivity contribution in [3.8, 4) is 5.82 Å². The number of aryl methyl sites for hydroxylation is 2. The maximum absolute atomic E-state index is 10.9. The summed E-state index contributed by atoms with van der Waals surface area (Å²) in [7, 11) is 2.03. The van der Waals surface area contributed by atoms with Crippen LogP contribution in [0.4, 0.5) is 11.5 Å². The number of hydrogen-bond acceptors (Lipinski definition) is 4. The van der Waals surface area contributed by atoms with Crippen LogP contribution < -0.4 is 25.5 Å². The van der Waals surface area contributed by atoms with Crippen LogP contribution in [0.25, 0.3) is 18.5 Å². The van der Waals surface area contributed by atoms with Crippen LogP contribution in [0.2, 0.25) is 0 Å². The number of anilines is 2. The zero-order chi connectivity index (χ0) is 37.0. The number of aromatic nitrogens is 3. The van der Waals surface area contributed by atoms with Crippen molar-refractivity contribution in [3.05, 3.63) is 88.3 Å². The van der Waals surface area contributed by atoms with Crippen molar-refractivity contribution >= 4 is 24.2 Å². The molecule has 1 aromatic carbocycles. The molecule has 1 aliphatic rings. The fourth-order valence-corrected chi connectivity index (χ4v) is 5.64. The van der Waals surface area contributed by atoms with E-state index < -0.39 is 5.60 Å². The van der Waals surface area contributed by atoms with E-state index in [1.54, 1.807) is 19.9 Å². The quantitative estimate of drug-likeness (QED) is 0.178. The van der Waals surface area contributed by atoms with Gasteiger partial charge in [-0.1, -0.05) is 93.0 Å². The van der Waals surface area contributed by atoms with Crippen LogP contribution in [0, 0.1) is 6.92 Å². The maximum Gasteiger partial charge on any atom is 0.285 e. The smallest absolute Gasteiger partial charge is 0.285 e. The highest BCUT2D eigenvalue weighted by atomic mass is 16.3. The average molecular weight is 659 g/mol. The lowest BCUT2D eigenvalue weighted by Gasteiger charge is -2.25. The molecular weight excluding hydrogens is 590 g/mol. The Morgan fingerprint density at radius 3 is 2.10 bits per heavy atom. The van der Waals surface area contributed by atoms with Gasteiger partial charge in [-0.3, -0.25) is 0 Å². The summed E-state index contributed by atoms with van der Waals surface area (Å²) in [6.07, 6.45) is 9.46. The van der Waals surface area contributed by atoms with Crippen molar-refractivity contribution in [2.75, 3.05) is 17.3 Å². The van der Waals surface area contributed by atoms with Gasteiger partial charge in [0.25, 0.3) is 11.6 Å². The van der Waals surface area contributed by atoms with Gasteiger partial charge in [0, 0.05) is 11.8 Å². The van der Waals surface area contributed by atoms with Gasteiger partial charge in [0.1, 0.15) is 11.3 Å². The third kappa shape index (κ3) is 10.7. The molecule has 4 rings (SSSR count). The van der Waals surface area contributed by atoms with E-state index in [2.05, 4.69) is 105 Å². The normalized spacial score (nSPS) is 12.9. The van der Waals surface area contributed by atoms with E-state index >= 15 is 0 Å². The highest BCUT2D eigenvalue weighted by Crippen LogP contribution is 2.33. The molecule has 2 heterocycles. The van der Waals surface area contributed by atoms with Crippen LogP contribution in [-0.2, 0) is 17.4 Å². The first-order valence-electron chi connectivity index (χ1n) is 17.9. The van der Waals surface area contributed by atoms with E-state index in [1.165, 1.54) is 17.5 Å². The Morgan fingerprint density at radius 1 is 1.08 bits per heavy atom. The SMILES string of the molecule is C=C(Nc1ccc(C(C)(C)C)c(CCC)c1)N(C)c1/c(=C\C)c(=C)n(C2CC2)[n+]1-c1ccc(C)c(C(C)(C)O)n1.C=CC.CC.CCC. The molecular formula is C42H68N5O+. The second-order valence-electron chi connectivity index (χ2n) is 13.9. The topological polar surface area (TPSA) is 57.2 Å². The van der Waals surface area contributed by atoms with Gasteiger partial charge >= 0.3 is 0 Å². The largest absolute Gasteiger partial charge is 0.383 e. The van der Waals surface area contributed by atoms with Crippen molar-refractivity contribution in [1.82, 2.24) is 9.67 Å². The number of hydrogen-bond donors (Lipinski definition) is 2. The fourth-order valence-electron chi connectivity index (χ4n) is 5.64. The van der Waals surface area contributed by atoms with E-state index in [-0.39, 0.29) is 5.41 Å². The molecule has 6 heteroatoms. The molecule has 2 aromatic heterocycles. The van der Waals surface area contributed by atoms with Crippen LogP contribution in [0.3, 0.4) is 0 Å². The molecule has 0 saturated heterocycles. The van der Waals surface area contributed by atoms with Gasteiger partial charge in [-0.05, 0) is 101 Å². The van der Waals surface area contributed by atoms with Crippen molar-refractivity contribution in [3.63, 3.8) is 0 Å². The molecule has 3 aromatic rings. The van der Waals surface area contributed by atoms with E-state index in [0.29, 0.717) is 11.7 Å². The minimum Gasteiger partial charge on any atom is -0.383 e. The molecule has 0 atom stereocenters. The number of benzene rings is 1. The molecule has 1 aliphatic carbocycles. The van der Waals surface area contributed by atoms with E-state index in [4.69, 9.17) is 4.98 Å². The molecule has 0 spiro atoms. The standard InChI is InChI=1S/C34H48N5O.C3H8.C3H6.C2H6/c1-12-14-25-21-26(16-19-29(25)33(6,7)8)35-24(5)37(11)32-28(13-2)23(4)38(27-17-18-27)39(32)30-20-15-22(3)31(36-30)34(9,10)40;2*1-3-2;1-2/h13,15-16,19-21,27,35,40H,4-5,12,14,17-18H2,1-3,6-11H3;3H2,1-2H3;3H,1H2,2H3;1-2H3/q+1;;;/b28-13-;;;. The Kier molecular flexibility index (Phi) is 16.6. The molecule has 0 aliphatic heterocycles. The molecule has 1 fully saturated rings. The van der Waals surface area contributed by atoms with E-state index in [9.17, 15) is 5.11 Å². The lowest BCUT2D eigenvalue weighted by molar-refractivity contribution is -0.678. The lowest BCUT2D eigenvalue weighted by Crippen LogP contribution is -2.48. The second kappa shape index (κ2) is 18.8. The molecule has 2 N–H and O–H groups in total. The van der Waals surface area contributed by atoms with Gasteiger partial charge in [0.2, 0.25) is 0 Å². The summed E-state index contributed by atoms with van der Waals surface area (Å²) < 4.78 is 4.42. The summed E-state index contributed by atoms with van der Waals surface area (Å²) in [6.45, 7) is 39.1. The number of nitrogens with one attached hydrogen (secondary N) is 1. The van der Waals surface area contributed by atoms with Gasteiger partial charge in [-0.2, -0.15) is 0 Å². The number of allylic oxidation sites excluding steroid dienone is 1.